The lowest BCUT2D eigenvalue weighted by Gasteiger charge is -2.01. The second kappa shape index (κ2) is 3.07. The van der Waals surface area contributed by atoms with Gasteiger partial charge in [-0.2, -0.15) is 0 Å². The summed E-state index contributed by atoms with van der Waals surface area (Å²) < 4.78 is 0. The number of aryl methyl sites for hydroxylation is 2. The van der Waals surface area contributed by atoms with E-state index in [0.29, 0.717) is 5.92 Å². The Kier molecular flexibility index (Phi) is 2.32. The summed E-state index contributed by atoms with van der Waals surface area (Å²) in [6.45, 7) is 8.51. The van der Waals surface area contributed by atoms with E-state index in [1.54, 1.807) is 0 Å². The van der Waals surface area contributed by atoms with Gasteiger partial charge >= 0.3 is 0 Å². The summed E-state index contributed by atoms with van der Waals surface area (Å²) in [6.07, 6.45) is 1.05. The fourth-order valence-electron chi connectivity index (χ4n) is 1.31. The highest BCUT2D eigenvalue weighted by Gasteiger charge is 2.08. The maximum Gasteiger partial charge on any atom is 0.103 e. The molecule has 0 aliphatic heterocycles. The Bertz CT molecular complexity index is 236. The quantitative estimate of drug-likeness (QED) is 0.692. The molecular formula is C9H16N2. The molecule has 0 atom stereocenters. The molecule has 0 unspecified atom stereocenters. The molecular weight excluding hydrogens is 136 g/mol. The third-order valence-electron chi connectivity index (χ3n) is 1.83. The van der Waals surface area contributed by atoms with Gasteiger partial charge in [-0.3, -0.25) is 0 Å². The number of aromatic nitrogens is 2. The first-order valence-electron chi connectivity index (χ1n) is 4.20. The summed E-state index contributed by atoms with van der Waals surface area (Å²) in [6, 6.07) is 0. The van der Waals surface area contributed by atoms with Crippen molar-refractivity contribution in [2.75, 3.05) is 0 Å². The van der Waals surface area contributed by atoms with Gasteiger partial charge in [-0.25, -0.2) is 4.98 Å². The van der Waals surface area contributed by atoms with Gasteiger partial charge in [0.25, 0.3) is 0 Å². The van der Waals surface area contributed by atoms with Crippen LogP contribution in [0.1, 0.15) is 43.9 Å². The van der Waals surface area contributed by atoms with Gasteiger partial charge in [-0.05, 0) is 19.3 Å². The number of nitrogens with one attached hydrogen (secondary N) is 1. The van der Waals surface area contributed by atoms with Crippen molar-refractivity contribution in [2.45, 2.75) is 40.0 Å². The van der Waals surface area contributed by atoms with Crippen LogP contribution in [0.5, 0.6) is 0 Å². The highest BCUT2D eigenvalue weighted by Crippen LogP contribution is 2.16. The molecule has 0 amide bonds. The van der Waals surface area contributed by atoms with E-state index < -0.39 is 0 Å². The molecule has 1 aromatic rings. The normalized spacial score (nSPS) is 11.0. The number of H-pyrrole nitrogens is 1. The molecule has 0 bridgehead atoms. The van der Waals surface area contributed by atoms with Crippen molar-refractivity contribution in [2.24, 2.45) is 0 Å². The summed E-state index contributed by atoms with van der Waals surface area (Å²) in [5.41, 5.74) is 2.52. The van der Waals surface area contributed by atoms with Gasteiger partial charge in [0, 0.05) is 5.69 Å². The summed E-state index contributed by atoms with van der Waals surface area (Å²) in [5.74, 6) is 1.57. The molecule has 0 fully saturated rings. The van der Waals surface area contributed by atoms with Gasteiger partial charge in [0.15, 0.2) is 0 Å². The van der Waals surface area contributed by atoms with Crippen molar-refractivity contribution in [1.82, 2.24) is 9.97 Å². The first-order valence-corrected chi connectivity index (χ1v) is 4.20. The van der Waals surface area contributed by atoms with Crippen molar-refractivity contribution >= 4 is 0 Å². The molecule has 2 nitrogen and oxygen atoms in total. The van der Waals surface area contributed by atoms with E-state index in [2.05, 4.69) is 30.7 Å². The van der Waals surface area contributed by atoms with E-state index in [0.717, 1.165) is 12.2 Å². The van der Waals surface area contributed by atoms with Crippen LogP contribution in [0.2, 0.25) is 0 Å². The first-order chi connectivity index (χ1) is 5.15. The van der Waals surface area contributed by atoms with Gasteiger partial charge in [0.1, 0.15) is 5.82 Å². The molecule has 1 aromatic heterocycles. The summed E-state index contributed by atoms with van der Waals surface area (Å²) in [5, 5.41) is 0. The number of nitrogens with zero attached hydrogens (tertiary/aromatic N) is 1. The molecule has 0 aliphatic rings. The molecule has 0 saturated heterocycles. The molecule has 0 saturated carbocycles. The average molecular weight is 152 g/mol. The SMILES string of the molecule is CCc1[nH]c(C)nc1C(C)C. The highest BCUT2D eigenvalue weighted by molar-refractivity contribution is 5.17. The van der Waals surface area contributed by atoms with Crippen molar-refractivity contribution in [1.29, 1.82) is 0 Å². The van der Waals surface area contributed by atoms with Crippen LogP contribution in [0.15, 0.2) is 0 Å². The monoisotopic (exact) mass is 152 g/mol. The maximum absolute atomic E-state index is 4.43. The lowest BCUT2D eigenvalue weighted by Crippen LogP contribution is -1.93. The Hall–Kier alpha value is -0.790. The predicted octanol–water partition coefficient (Wildman–Crippen LogP) is 2.40. The minimum atomic E-state index is 0.537. The largest absolute Gasteiger partial charge is 0.346 e. The van der Waals surface area contributed by atoms with Gasteiger partial charge in [0.05, 0.1) is 5.69 Å². The lowest BCUT2D eigenvalue weighted by molar-refractivity contribution is 0.808. The van der Waals surface area contributed by atoms with Crippen LogP contribution in [0.4, 0.5) is 0 Å². The van der Waals surface area contributed by atoms with Gasteiger partial charge in [0.2, 0.25) is 0 Å². The third-order valence-corrected chi connectivity index (χ3v) is 1.83. The van der Waals surface area contributed by atoms with Crippen molar-refractivity contribution in [3.8, 4) is 0 Å². The van der Waals surface area contributed by atoms with Crippen LogP contribution in [0.3, 0.4) is 0 Å². The topological polar surface area (TPSA) is 28.7 Å². The number of imidazole rings is 1. The summed E-state index contributed by atoms with van der Waals surface area (Å²) in [7, 11) is 0. The van der Waals surface area contributed by atoms with Crippen LogP contribution < -0.4 is 0 Å². The van der Waals surface area contributed by atoms with Gasteiger partial charge < -0.3 is 4.98 Å². The van der Waals surface area contributed by atoms with Gasteiger partial charge in [-0.1, -0.05) is 20.8 Å². The van der Waals surface area contributed by atoms with E-state index in [9.17, 15) is 0 Å². The van der Waals surface area contributed by atoms with E-state index in [-0.39, 0.29) is 0 Å². The molecule has 0 aliphatic carbocycles. The fourth-order valence-corrected chi connectivity index (χ4v) is 1.31. The minimum absolute atomic E-state index is 0.537. The zero-order chi connectivity index (χ0) is 8.43. The van der Waals surface area contributed by atoms with Crippen LogP contribution in [-0.2, 0) is 6.42 Å². The Morgan fingerprint density at radius 2 is 2.09 bits per heavy atom. The predicted molar refractivity (Wildman–Crippen MR) is 46.8 cm³/mol. The van der Waals surface area contributed by atoms with Crippen molar-refractivity contribution in [3.05, 3.63) is 17.2 Å². The molecule has 0 radical (unpaired) electrons. The van der Waals surface area contributed by atoms with Crippen molar-refractivity contribution in [3.63, 3.8) is 0 Å². The second-order valence-corrected chi connectivity index (χ2v) is 3.19. The number of hydrogen-bond acceptors (Lipinski definition) is 1. The Morgan fingerprint density at radius 1 is 1.45 bits per heavy atom. The van der Waals surface area contributed by atoms with Crippen LogP contribution in [0, 0.1) is 6.92 Å². The summed E-state index contributed by atoms with van der Waals surface area (Å²) in [4.78, 5) is 7.69. The average Bonchev–Trinajstić information content (AvgIpc) is 2.30. The van der Waals surface area contributed by atoms with Crippen LogP contribution >= 0.6 is 0 Å². The van der Waals surface area contributed by atoms with Gasteiger partial charge in [-0.15, -0.1) is 0 Å². The first kappa shape index (κ1) is 8.31. The van der Waals surface area contributed by atoms with Crippen LogP contribution in [-0.4, -0.2) is 9.97 Å². The lowest BCUT2D eigenvalue weighted by atomic mass is 10.1. The minimum Gasteiger partial charge on any atom is -0.346 e. The molecule has 62 valence electrons. The smallest absolute Gasteiger partial charge is 0.103 e. The van der Waals surface area contributed by atoms with E-state index >= 15 is 0 Å². The van der Waals surface area contributed by atoms with Crippen molar-refractivity contribution < 1.29 is 0 Å². The molecule has 11 heavy (non-hydrogen) atoms. The molecule has 0 aromatic carbocycles. The molecule has 1 heterocycles. The second-order valence-electron chi connectivity index (χ2n) is 3.19. The van der Waals surface area contributed by atoms with Crippen LogP contribution in [0.25, 0.3) is 0 Å². The fraction of sp³-hybridized carbons (Fsp3) is 0.667. The van der Waals surface area contributed by atoms with E-state index in [1.165, 1.54) is 11.4 Å². The number of aromatic amines is 1. The standard InChI is InChI=1S/C9H16N2/c1-5-8-9(6(2)3)11-7(4)10-8/h6H,5H2,1-4H3,(H,10,11). The number of hydrogen-bond donors (Lipinski definition) is 1. The maximum atomic E-state index is 4.43. The summed E-state index contributed by atoms with van der Waals surface area (Å²) >= 11 is 0. The zero-order valence-corrected chi connectivity index (χ0v) is 7.73. The molecule has 1 N–H and O–H groups in total. The molecule has 0 spiro atoms. The third kappa shape index (κ3) is 1.62. The highest BCUT2D eigenvalue weighted by atomic mass is 14.9. The molecule has 1 rings (SSSR count). The Balaban J connectivity index is 3.02. The van der Waals surface area contributed by atoms with E-state index in [4.69, 9.17) is 0 Å². The Morgan fingerprint density at radius 3 is 2.45 bits per heavy atom. The zero-order valence-electron chi connectivity index (χ0n) is 7.73. The Labute approximate surface area is 68.0 Å². The molecule has 2 heteroatoms. The van der Waals surface area contributed by atoms with E-state index in [1.807, 2.05) is 6.92 Å². The number of rotatable bonds is 2.